The van der Waals surface area contributed by atoms with E-state index in [1.807, 2.05) is 6.07 Å². The summed E-state index contributed by atoms with van der Waals surface area (Å²) in [4.78, 5) is 2.35. The minimum atomic E-state index is 0.872. The van der Waals surface area contributed by atoms with E-state index in [0.717, 1.165) is 55.8 Å². The summed E-state index contributed by atoms with van der Waals surface area (Å²) < 4.78 is 9.16. The third kappa shape index (κ3) is 5.13. The van der Waals surface area contributed by atoms with Crippen molar-refractivity contribution in [2.45, 2.75) is 0 Å². The molecule has 0 saturated carbocycles. The summed E-state index contributed by atoms with van der Waals surface area (Å²) in [6, 6.07) is 73.9. The van der Waals surface area contributed by atoms with E-state index in [9.17, 15) is 0 Å². The van der Waals surface area contributed by atoms with Gasteiger partial charge in [0, 0.05) is 44.2 Å². The molecule has 2 aromatic heterocycles. The third-order valence-corrected chi connectivity index (χ3v) is 11.0. The van der Waals surface area contributed by atoms with E-state index in [1.54, 1.807) is 0 Å². The quantitative estimate of drug-likeness (QED) is 0.172. The molecule has 11 aromatic rings. The van der Waals surface area contributed by atoms with Crippen molar-refractivity contribution in [3.8, 4) is 27.9 Å². The number of hydrogen-bond acceptors (Lipinski definition) is 2. The van der Waals surface area contributed by atoms with Gasteiger partial charge in [0.2, 0.25) is 0 Å². The maximum atomic E-state index is 6.80. The first-order valence-corrected chi connectivity index (χ1v) is 18.8. The van der Waals surface area contributed by atoms with Crippen LogP contribution in [0.5, 0.6) is 0 Å². The van der Waals surface area contributed by atoms with Crippen LogP contribution in [0, 0.1) is 0 Å². The monoisotopic (exact) mass is 702 g/mol. The molecule has 0 radical (unpaired) electrons. The van der Waals surface area contributed by atoms with Gasteiger partial charge < -0.3 is 13.9 Å². The van der Waals surface area contributed by atoms with Gasteiger partial charge in [0.05, 0.1) is 16.7 Å². The molecule has 3 heteroatoms. The van der Waals surface area contributed by atoms with Gasteiger partial charge in [-0.3, -0.25) is 0 Å². The molecule has 11 rings (SSSR count). The number of aromatic nitrogens is 1. The van der Waals surface area contributed by atoms with Crippen LogP contribution in [0.2, 0.25) is 0 Å². The first kappa shape index (κ1) is 31.2. The first-order chi connectivity index (χ1) is 27.3. The second kappa shape index (κ2) is 12.6. The van der Waals surface area contributed by atoms with E-state index in [2.05, 4.69) is 210 Å². The van der Waals surface area contributed by atoms with Crippen LogP contribution in [0.25, 0.3) is 82.5 Å². The first-order valence-electron chi connectivity index (χ1n) is 18.8. The van der Waals surface area contributed by atoms with Gasteiger partial charge in [-0.2, -0.15) is 0 Å². The average Bonchev–Trinajstić information content (AvgIpc) is 3.80. The fourth-order valence-corrected chi connectivity index (χ4v) is 8.40. The summed E-state index contributed by atoms with van der Waals surface area (Å²) in [5.41, 5.74) is 12.9. The molecule has 55 heavy (non-hydrogen) atoms. The maximum absolute atomic E-state index is 6.80. The molecule has 0 N–H and O–H groups in total. The minimum Gasteiger partial charge on any atom is -0.455 e. The predicted octanol–water partition coefficient (Wildman–Crippen LogP) is 14.6. The van der Waals surface area contributed by atoms with E-state index in [4.69, 9.17) is 4.42 Å². The van der Waals surface area contributed by atoms with Crippen LogP contribution in [0.3, 0.4) is 0 Å². The van der Waals surface area contributed by atoms with Crippen molar-refractivity contribution in [1.82, 2.24) is 4.57 Å². The van der Waals surface area contributed by atoms with Crippen molar-refractivity contribution in [1.29, 1.82) is 0 Å². The van der Waals surface area contributed by atoms with Gasteiger partial charge in [-0.1, -0.05) is 133 Å². The fourth-order valence-electron chi connectivity index (χ4n) is 8.40. The predicted molar refractivity (Wildman–Crippen MR) is 231 cm³/mol. The van der Waals surface area contributed by atoms with E-state index in [1.165, 1.54) is 43.7 Å². The molecule has 0 fully saturated rings. The molecule has 2 heterocycles. The normalized spacial score (nSPS) is 11.6. The Labute approximate surface area is 318 Å². The SMILES string of the molecule is c1ccc(N(c2ccc(-c3ccc4ccccc4c3)cc2)c2ccc3c(oc4ccccc43)c2-c2ccc(-n3c4ccccc4c4ccccc43)cc2)cc1. The van der Waals surface area contributed by atoms with Gasteiger partial charge in [0.1, 0.15) is 11.2 Å². The van der Waals surface area contributed by atoms with Crippen molar-refractivity contribution >= 4 is 71.6 Å². The van der Waals surface area contributed by atoms with Crippen molar-refractivity contribution in [2.75, 3.05) is 4.90 Å². The van der Waals surface area contributed by atoms with Crippen molar-refractivity contribution < 1.29 is 4.42 Å². The molecule has 0 bridgehead atoms. The molecule has 3 nitrogen and oxygen atoms in total. The molecule has 258 valence electrons. The summed E-state index contributed by atoms with van der Waals surface area (Å²) in [5, 5.41) is 7.19. The number of rotatable bonds is 6. The Morgan fingerprint density at radius 2 is 0.964 bits per heavy atom. The van der Waals surface area contributed by atoms with Crippen molar-refractivity contribution in [2.24, 2.45) is 0 Å². The molecular formula is C52H34N2O. The highest BCUT2D eigenvalue weighted by Gasteiger charge is 2.23. The highest BCUT2D eigenvalue weighted by Crippen LogP contribution is 2.47. The van der Waals surface area contributed by atoms with Crippen LogP contribution in [0.15, 0.2) is 211 Å². The van der Waals surface area contributed by atoms with Gasteiger partial charge in [-0.15, -0.1) is 0 Å². The van der Waals surface area contributed by atoms with E-state index in [-0.39, 0.29) is 0 Å². The minimum absolute atomic E-state index is 0.872. The molecule has 0 aliphatic heterocycles. The Bertz CT molecular complexity index is 3140. The number of benzene rings is 9. The number of hydrogen-bond donors (Lipinski definition) is 0. The maximum Gasteiger partial charge on any atom is 0.145 e. The van der Waals surface area contributed by atoms with E-state index < -0.39 is 0 Å². The van der Waals surface area contributed by atoms with Crippen LogP contribution < -0.4 is 4.90 Å². The van der Waals surface area contributed by atoms with Crippen molar-refractivity contribution in [3.63, 3.8) is 0 Å². The summed E-state index contributed by atoms with van der Waals surface area (Å²) in [6.07, 6.45) is 0. The van der Waals surface area contributed by atoms with Crippen molar-refractivity contribution in [3.05, 3.63) is 206 Å². The van der Waals surface area contributed by atoms with Crippen LogP contribution in [-0.4, -0.2) is 4.57 Å². The van der Waals surface area contributed by atoms with Gasteiger partial charge in [-0.05, 0) is 100 Å². The second-order valence-corrected chi connectivity index (χ2v) is 14.1. The summed E-state index contributed by atoms with van der Waals surface area (Å²) in [7, 11) is 0. The highest BCUT2D eigenvalue weighted by molar-refractivity contribution is 6.13. The van der Waals surface area contributed by atoms with Gasteiger partial charge in [0.15, 0.2) is 0 Å². The Hall–Kier alpha value is -7.36. The topological polar surface area (TPSA) is 21.3 Å². The number of para-hydroxylation sites is 4. The standard InChI is InChI=1S/C52H34N2O/c1-2-14-40(15-3-1)53(41-28-24-36(25-29-41)39-23-22-35-12-4-5-13-38(35)34-39)49-33-32-46-45-18-8-11-21-50(45)55-52(46)51(49)37-26-30-42(31-27-37)54-47-19-9-6-16-43(47)44-17-7-10-20-48(44)54/h1-34H. The smallest absolute Gasteiger partial charge is 0.145 e. The molecule has 0 atom stereocenters. The lowest BCUT2D eigenvalue weighted by molar-refractivity contribution is 0.670. The molecular weight excluding hydrogens is 669 g/mol. The summed E-state index contributed by atoms with van der Waals surface area (Å²) in [6.45, 7) is 0. The lowest BCUT2D eigenvalue weighted by Crippen LogP contribution is -2.11. The lowest BCUT2D eigenvalue weighted by Gasteiger charge is -2.28. The third-order valence-electron chi connectivity index (χ3n) is 11.0. The number of fused-ring (bicyclic) bond motifs is 7. The summed E-state index contributed by atoms with van der Waals surface area (Å²) in [5.74, 6) is 0. The fraction of sp³-hybridized carbons (Fsp3) is 0. The molecule has 0 saturated heterocycles. The van der Waals surface area contributed by atoms with Crippen LogP contribution >= 0.6 is 0 Å². The average molecular weight is 703 g/mol. The largest absolute Gasteiger partial charge is 0.455 e. The Kier molecular flexibility index (Phi) is 7.17. The summed E-state index contributed by atoms with van der Waals surface area (Å²) >= 11 is 0. The van der Waals surface area contributed by atoms with Gasteiger partial charge in [-0.25, -0.2) is 0 Å². The van der Waals surface area contributed by atoms with Gasteiger partial charge >= 0.3 is 0 Å². The van der Waals surface area contributed by atoms with Crippen LogP contribution in [0.4, 0.5) is 17.1 Å². The number of nitrogens with zero attached hydrogens (tertiary/aromatic N) is 2. The van der Waals surface area contributed by atoms with E-state index in [0.29, 0.717) is 0 Å². The zero-order valence-corrected chi connectivity index (χ0v) is 29.9. The zero-order valence-electron chi connectivity index (χ0n) is 29.9. The molecule has 0 unspecified atom stereocenters. The van der Waals surface area contributed by atoms with E-state index >= 15 is 0 Å². The molecule has 0 aliphatic carbocycles. The molecule has 0 spiro atoms. The molecule has 0 amide bonds. The highest BCUT2D eigenvalue weighted by atomic mass is 16.3. The Morgan fingerprint density at radius 3 is 1.71 bits per heavy atom. The zero-order chi connectivity index (χ0) is 36.3. The Balaban J connectivity index is 1.10. The number of furan rings is 1. The molecule has 9 aromatic carbocycles. The van der Waals surface area contributed by atoms with Crippen LogP contribution in [0.1, 0.15) is 0 Å². The number of anilines is 3. The van der Waals surface area contributed by atoms with Crippen LogP contribution in [-0.2, 0) is 0 Å². The lowest BCUT2D eigenvalue weighted by atomic mass is 9.97. The van der Waals surface area contributed by atoms with Gasteiger partial charge in [0.25, 0.3) is 0 Å². The second-order valence-electron chi connectivity index (χ2n) is 14.1. The Morgan fingerprint density at radius 1 is 0.382 bits per heavy atom. The molecule has 0 aliphatic rings.